The average Bonchev–Trinajstić information content (AvgIpc) is 2.51. The first-order chi connectivity index (χ1) is 10.1. The van der Waals surface area contributed by atoms with Crippen LogP contribution in [0.25, 0.3) is 0 Å². The fraction of sp³-hybridized carbons (Fsp3) is 0.467. The molecule has 0 fully saturated rings. The maximum Gasteiger partial charge on any atom is 0.251 e. The standard InChI is InChI=1S/C15H21NO5/c1-3-4-10-7-11(5-6-14(10)21-2)15(20)16-12(8-17)13(19)9-18/h5-7,12,17-18H,3-4,8-9H2,1-2H3,(H,16,20). The van der Waals surface area contributed by atoms with Gasteiger partial charge in [0.25, 0.3) is 5.91 Å². The topological polar surface area (TPSA) is 95.9 Å². The molecule has 0 radical (unpaired) electrons. The Morgan fingerprint density at radius 1 is 1.33 bits per heavy atom. The summed E-state index contributed by atoms with van der Waals surface area (Å²) < 4.78 is 5.23. The third-order valence-corrected chi connectivity index (χ3v) is 3.09. The van der Waals surface area contributed by atoms with E-state index in [1.165, 1.54) is 0 Å². The molecule has 0 saturated carbocycles. The molecule has 1 unspecified atom stereocenters. The van der Waals surface area contributed by atoms with Crippen molar-refractivity contribution in [3.05, 3.63) is 29.3 Å². The van der Waals surface area contributed by atoms with E-state index in [9.17, 15) is 9.59 Å². The van der Waals surface area contributed by atoms with Gasteiger partial charge in [0, 0.05) is 5.56 Å². The predicted molar refractivity (Wildman–Crippen MR) is 77.4 cm³/mol. The number of nitrogens with one attached hydrogen (secondary N) is 1. The number of hydrogen-bond donors (Lipinski definition) is 3. The first-order valence-corrected chi connectivity index (χ1v) is 6.79. The minimum atomic E-state index is -1.10. The zero-order chi connectivity index (χ0) is 15.8. The molecule has 0 bridgehead atoms. The van der Waals surface area contributed by atoms with Crippen LogP contribution in [0.5, 0.6) is 5.75 Å². The number of ether oxygens (including phenoxy) is 1. The summed E-state index contributed by atoms with van der Waals surface area (Å²) in [7, 11) is 1.57. The smallest absolute Gasteiger partial charge is 0.251 e. The molecule has 0 spiro atoms. The molecule has 0 aliphatic carbocycles. The fourth-order valence-electron chi connectivity index (χ4n) is 1.96. The summed E-state index contributed by atoms with van der Waals surface area (Å²) >= 11 is 0. The van der Waals surface area contributed by atoms with Gasteiger partial charge in [-0.15, -0.1) is 0 Å². The van der Waals surface area contributed by atoms with Crippen molar-refractivity contribution in [1.29, 1.82) is 0 Å². The van der Waals surface area contributed by atoms with Crippen molar-refractivity contribution in [2.45, 2.75) is 25.8 Å². The number of Topliss-reactive ketones (excluding diaryl/α,β-unsaturated/α-hetero) is 1. The van der Waals surface area contributed by atoms with E-state index in [-0.39, 0.29) is 0 Å². The van der Waals surface area contributed by atoms with Crippen molar-refractivity contribution in [2.75, 3.05) is 20.3 Å². The van der Waals surface area contributed by atoms with Gasteiger partial charge in [-0.2, -0.15) is 0 Å². The molecule has 0 aliphatic rings. The molecule has 21 heavy (non-hydrogen) atoms. The average molecular weight is 295 g/mol. The molecule has 6 nitrogen and oxygen atoms in total. The van der Waals surface area contributed by atoms with E-state index in [0.717, 1.165) is 18.4 Å². The van der Waals surface area contributed by atoms with Crippen LogP contribution in [0, 0.1) is 0 Å². The van der Waals surface area contributed by atoms with Gasteiger partial charge in [-0.1, -0.05) is 13.3 Å². The zero-order valence-electron chi connectivity index (χ0n) is 12.3. The first kappa shape index (κ1) is 17.1. The van der Waals surface area contributed by atoms with Crippen molar-refractivity contribution in [2.24, 2.45) is 0 Å². The van der Waals surface area contributed by atoms with Crippen LogP contribution in [0.3, 0.4) is 0 Å². The van der Waals surface area contributed by atoms with E-state index in [0.29, 0.717) is 11.3 Å². The van der Waals surface area contributed by atoms with Gasteiger partial charge in [-0.25, -0.2) is 0 Å². The minimum Gasteiger partial charge on any atom is -0.496 e. The number of aliphatic hydroxyl groups excluding tert-OH is 2. The maximum absolute atomic E-state index is 12.1. The molecule has 1 amide bonds. The second-order valence-corrected chi connectivity index (χ2v) is 4.61. The predicted octanol–water partition coefficient (Wildman–Crippen LogP) is 0.300. The number of ketones is 1. The van der Waals surface area contributed by atoms with Gasteiger partial charge in [0.1, 0.15) is 18.4 Å². The number of amides is 1. The Balaban J connectivity index is 2.91. The second-order valence-electron chi connectivity index (χ2n) is 4.61. The number of benzene rings is 1. The summed E-state index contributed by atoms with van der Waals surface area (Å²) in [6.07, 6.45) is 1.67. The molecular weight excluding hydrogens is 274 g/mol. The van der Waals surface area contributed by atoms with Crippen LogP contribution in [0.4, 0.5) is 0 Å². The van der Waals surface area contributed by atoms with Crippen molar-refractivity contribution >= 4 is 11.7 Å². The molecule has 116 valence electrons. The molecule has 1 rings (SSSR count). The quantitative estimate of drug-likeness (QED) is 0.641. The van der Waals surface area contributed by atoms with Gasteiger partial charge in [0.15, 0.2) is 5.78 Å². The number of methoxy groups -OCH3 is 1. The second kappa shape index (κ2) is 8.39. The molecule has 3 N–H and O–H groups in total. The number of carbonyl (C=O) groups is 2. The van der Waals surface area contributed by atoms with Crippen molar-refractivity contribution in [1.82, 2.24) is 5.32 Å². The number of carbonyl (C=O) groups excluding carboxylic acids is 2. The number of hydrogen-bond acceptors (Lipinski definition) is 5. The highest BCUT2D eigenvalue weighted by Crippen LogP contribution is 2.21. The third kappa shape index (κ3) is 4.54. The van der Waals surface area contributed by atoms with Crippen LogP contribution in [0.15, 0.2) is 18.2 Å². The van der Waals surface area contributed by atoms with E-state index in [1.54, 1.807) is 25.3 Å². The van der Waals surface area contributed by atoms with E-state index in [4.69, 9.17) is 14.9 Å². The molecule has 1 atom stereocenters. The third-order valence-electron chi connectivity index (χ3n) is 3.09. The minimum absolute atomic E-state index is 0.378. The molecule has 6 heteroatoms. The summed E-state index contributed by atoms with van der Waals surface area (Å²) in [6.45, 7) is 0.742. The molecular formula is C15H21NO5. The van der Waals surface area contributed by atoms with Crippen molar-refractivity contribution in [3.8, 4) is 5.75 Å². The highest BCUT2D eigenvalue weighted by Gasteiger charge is 2.20. The van der Waals surface area contributed by atoms with Crippen LogP contribution >= 0.6 is 0 Å². The van der Waals surface area contributed by atoms with E-state index >= 15 is 0 Å². The van der Waals surface area contributed by atoms with Gasteiger partial charge in [-0.3, -0.25) is 9.59 Å². The van der Waals surface area contributed by atoms with Crippen LogP contribution in [0.1, 0.15) is 29.3 Å². The molecule has 0 heterocycles. The Bertz CT molecular complexity index is 501. The number of aliphatic hydroxyl groups is 2. The zero-order valence-corrected chi connectivity index (χ0v) is 12.3. The van der Waals surface area contributed by atoms with E-state index in [2.05, 4.69) is 5.32 Å². The van der Waals surface area contributed by atoms with Crippen LogP contribution in [-0.2, 0) is 11.2 Å². The monoisotopic (exact) mass is 295 g/mol. The van der Waals surface area contributed by atoms with Gasteiger partial charge < -0.3 is 20.3 Å². The largest absolute Gasteiger partial charge is 0.496 e. The lowest BCUT2D eigenvalue weighted by Gasteiger charge is -2.15. The Labute approximate surface area is 123 Å². The summed E-state index contributed by atoms with van der Waals surface area (Å²) in [5, 5.41) is 20.3. The van der Waals surface area contributed by atoms with Crippen LogP contribution < -0.4 is 10.1 Å². The maximum atomic E-state index is 12.1. The Hall–Kier alpha value is -1.92. The van der Waals surface area contributed by atoms with Crippen LogP contribution in [-0.4, -0.2) is 48.3 Å². The van der Waals surface area contributed by atoms with Crippen molar-refractivity contribution in [3.63, 3.8) is 0 Å². The summed E-state index contributed by atoms with van der Waals surface area (Å²) in [6, 6.07) is 3.89. The molecule has 1 aromatic rings. The fourth-order valence-corrected chi connectivity index (χ4v) is 1.96. The summed E-state index contributed by atoms with van der Waals surface area (Å²) in [5.41, 5.74) is 1.28. The van der Waals surface area contributed by atoms with Gasteiger partial charge in [0.05, 0.1) is 13.7 Å². The van der Waals surface area contributed by atoms with Crippen molar-refractivity contribution < 1.29 is 24.5 Å². The first-order valence-electron chi connectivity index (χ1n) is 6.79. The Morgan fingerprint density at radius 2 is 2.05 bits per heavy atom. The molecule has 1 aromatic carbocycles. The van der Waals surface area contributed by atoms with Gasteiger partial charge in [0.2, 0.25) is 0 Å². The normalized spacial score (nSPS) is 11.8. The lowest BCUT2D eigenvalue weighted by molar-refractivity contribution is -0.124. The summed E-state index contributed by atoms with van der Waals surface area (Å²) in [4.78, 5) is 23.4. The SMILES string of the molecule is CCCc1cc(C(=O)NC(CO)C(=O)CO)ccc1OC. The van der Waals surface area contributed by atoms with Gasteiger partial charge >= 0.3 is 0 Å². The lowest BCUT2D eigenvalue weighted by Crippen LogP contribution is -2.44. The highest BCUT2D eigenvalue weighted by molar-refractivity contribution is 5.98. The lowest BCUT2D eigenvalue weighted by atomic mass is 10.0. The number of aryl methyl sites for hydroxylation is 1. The summed E-state index contributed by atoms with van der Waals surface area (Å²) in [5.74, 6) is -0.400. The molecule has 0 saturated heterocycles. The van der Waals surface area contributed by atoms with Crippen LogP contribution in [0.2, 0.25) is 0 Å². The molecule has 0 aromatic heterocycles. The van der Waals surface area contributed by atoms with E-state index < -0.39 is 30.9 Å². The Morgan fingerprint density at radius 3 is 2.57 bits per heavy atom. The Kier molecular flexibility index (Phi) is 6.84. The highest BCUT2D eigenvalue weighted by atomic mass is 16.5. The number of rotatable bonds is 8. The molecule has 0 aliphatic heterocycles. The van der Waals surface area contributed by atoms with E-state index in [1.807, 2.05) is 6.92 Å². The van der Waals surface area contributed by atoms with Gasteiger partial charge in [-0.05, 0) is 30.2 Å².